The first-order chi connectivity index (χ1) is 21.5. The Labute approximate surface area is 254 Å². The van der Waals surface area contributed by atoms with Crippen molar-refractivity contribution >= 4 is 11.8 Å². The van der Waals surface area contributed by atoms with E-state index in [0.717, 1.165) is 20.6 Å². The molecule has 0 atom stereocenters. The van der Waals surface area contributed by atoms with Crippen molar-refractivity contribution in [1.82, 2.24) is 25.0 Å². The monoisotopic (exact) mass is 600 g/mol. The maximum Gasteiger partial charge on any atom is 0.283 e. The largest absolute Gasteiger partial charge is 0.405 e. The second kappa shape index (κ2) is 16.4. The number of hydrogen-bond acceptors (Lipinski definition) is 8. The van der Waals surface area contributed by atoms with Crippen LogP contribution in [0.5, 0.6) is 0 Å². The van der Waals surface area contributed by atoms with Crippen molar-refractivity contribution in [2.75, 3.05) is 39.3 Å². The molecule has 2 aromatic heterocycles. The number of pyridine rings is 2. The van der Waals surface area contributed by atoms with E-state index in [4.69, 9.17) is 15.4 Å². The van der Waals surface area contributed by atoms with Gasteiger partial charge in [-0.15, -0.1) is 9.46 Å². The third-order valence-electron chi connectivity index (χ3n) is 6.57. The van der Waals surface area contributed by atoms with E-state index in [1.807, 2.05) is 65.6 Å². The molecule has 2 amide bonds. The van der Waals surface area contributed by atoms with E-state index >= 15 is 0 Å². The van der Waals surface area contributed by atoms with Crippen LogP contribution in [-0.4, -0.2) is 65.4 Å². The molecular weight excluding hydrogens is 564 g/mol. The molecule has 12 nitrogen and oxygen atoms in total. The first-order valence-corrected chi connectivity index (χ1v) is 14.2. The molecule has 0 fully saturated rings. The van der Waals surface area contributed by atoms with Gasteiger partial charge < -0.3 is 26.0 Å². The summed E-state index contributed by atoms with van der Waals surface area (Å²) in [5, 5.41) is 5.63. The van der Waals surface area contributed by atoms with Crippen molar-refractivity contribution in [3.8, 4) is 0 Å². The Hall–Kier alpha value is -5.20. The minimum atomic E-state index is -0.464. The molecule has 0 saturated heterocycles. The van der Waals surface area contributed by atoms with E-state index in [1.54, 1.807) is 0 Å². The molecular formula is C32H36N6O6. The van der Waals surface area contributed by atoms with Crippen LogP contribution in [-0.2, 0) is 13.2 Å². The molecule has 230 valence electrons. The first-order valence-electron chi connectivity index (χ1n) is 14.2. The fourth-order valence-corrected chi connectivity index (χ4v) is 4.33. The number of nitrogens with two attached hydrogens (primary N) is 1. The maximum absolute atomic E-state index is 12.9. The molecule has 12 heteroatoms. The minimum Gasteiger partial charge on any atom is -0.405 e. The highest BCUT2D eigenvalue weighted by Gasteiger charge is 2.16. The molecule has 0 saturated carbocycles. The number of aromatic nitrogens is 2. The maximum atomic E-state index is 12.9. The van der Waals surface area contributed by atoms with Crippen LogP contribution in [0.15, 0.2) is 107 Å². The number of carbonyl (C=O) groups excluding carboxylic acids is 2. The van der Waals surface area contributed by atoms with Crippen molar-refractivity contribution in [2.24, 2.45) is 5.73 Å². The molecule has 4 aromatic rings. The Bertz CT molecular complexity index is 1500. The first kappa shape index (κ1) is 31.7. The van der Waals surface area contributed by atoms with Gasteiger partial charge in [0.05, 0.1) is 0 Å². The zero-order valence-corrected chi connectivity index (χ0v) is 24.3. The smallest absolute Gasteiger partial charge is 0.283 e. The van der Waals surface area contributed by atoms with E-state index in [9.17, 15) is 19.2 Å². The lowest BCUT2D eigenvalue weighted by Gasteiger charge is -2.22. The van der Waals surface area contributed by atoms with Gasteiger partial charge in [-0.05, 0) is 23.3 Å². The molecule has 2 aromatic carbocycles. The standard InChI is InChI=1S/C32H36N6O6/c33-17-20-36(21-18-34-31(41)27-13-7-15-29(39)37(27)43-23-25-9-3-1-4-10-25)22-19-35-32(42)28-14-8-16-30(40)38(28)44-24-26-11-5-2-6-12-26/h1-16H,17-24,33H2,(H,34,41)(H,35,42). The second-order valence-corrected chi connectivity index (χ2v) is 9.75. The number of nitrogens with one attached hydrogen (secondary N) is 2. The Morgan fingerprint density at radius 2 is 1.05 bits per heavy atom. The minimum absolute atomic E-state index is 0.0782. The third kappa shape index (κ3) is 9.15. The Balaban J connectivity index is 1.28. The van der Waals surface area contributed by atoms with Crippen molar-refractivity contribution in [1.29, 1.82) is 0 Å². The predicted octanol–water partition coefficient (Wildman–Crippen LogP) is 0.688. The summed E-state index contributed by atoms with van der Waals surface area (Å²) in [6.07, 6.45) is 0. The van der Waals surface area contributed by atoms with Gasteiger partial charge in [0.2, 0.25) is 0 Å². The van der Waals surface area contributed by atoms with Gasteiger partial charge in [0.25, 0.3) is 22.9 Å². The van der Waals surface area contributed by atoms with Crippen LogP contribution >= 0.6 is 0 Å². The fourth-order valence-electron chi connectivity index (χ4n) is 4.33. The summed E-state index contributed by atoms with van der Waals surface area (Å²) in [6, 6.07) is 27.3. The summed E-state index contributed by atoms with van der Waals surface area (Å²) in [5.41, 5.74) is 6.74. The van der Waals surface area contributed by atoms with E-state index in [1.165, 1.54) is 36.4 Å². The van der Waals surface area contributed by atoms with Crippen LogP contribution in [0.1, 0.15) is 32.1 Å². The highest BCUT2D eigenvalue weighted by atomic mass is 16.7. The molecule has 0 unspecified atom stereocenters. The highest BCUT2D eigenvalue weighted by Crippen LogP contribution is 2.03. The molecule has 0 aliphatic rings. The van der Waals surface area contributed by atoms with Gasteiger partial charge in [0.1, 0.15) is 24.6 Å². The molecule has 0 radical (unpaired) electrons. The SMILES string of the molecule is NCCN(CCNC(=O)c1cccc(=O)n1OCc1ccccc1)CCNC(=O)c1cccc(=O)n1OCc1ccccc1. The van der Waals surface area contributed by atoms with Crippen LogP contribution in [0.2, 0.25) is 0 Å². The van der Waals surface area contributed by atoms with Crippen LogP contribution in [0, 0.1) is 0 Å². The number of nitrogens with zero attached hydrogens (tertiary/aromatic N) is 3. The number of amides is 2. The van der Waals surface area contributed by atoms with Crippen LogP contribution in [0.25, 0.3) is 0 Å². The second-order valence-electron chi connectivity index (χ2n) is 9.75. The molecule has 0 spiro atoms. The van der Waals surface area contributed by atoms with Crippen LogP contribution in [0.3, 0.4) is 0 Å². The summed E-state index contributed by atoms with van der Waals surface area (Å²) in [6.45, 7) is 2.56. The lowest BCUT2D eigenvalue weighted by molar-refractivity contribution is 0.0708. The van der Waals surface area contributed by atoms with Gasteiger partial charge >= 0.3 is 0 Å². The van der Waals surface area contributed by atoms with Crippen LogP contribution < -0.4 is 37.2 Å². The zero-order chi connectivity index (χ0) is 31.1. The number of benzene rings is 2. The normalized spacial score (nSPS) is 10.8. The van der Waals surface area contributed by atoms with Gasteiger partial charge in [-0.2, -0.15) is 0 Å². The molecule has 0 aliphatic carbocycles. The van der Waals surface area contributed by atoms with E-state index in [-0.39, 0.29) is 37.7 Å². The van der Waals surface area contributed by atoms with Crippen molar-refractivity contribution in [3.05, 3.63) is 140 Å². The van der Waals surface area contributed by atoms with Crippen LogP contribution in [0.4, 0.5) is 0 Å². The molecule has 4 rings (SSSR count). The molecule has 0 aliphatic heterocycles. The van der Waals surface area contributed by atoms with Crippen molar-refractivity contribution < 1.29 is 19.3 Å². The average Bonchev–Trinajstić information content (AvgIpc) is 3.04. The summed E-state index contributed by atoms with van der Waals surface area (Å²) in [7, 11) is 0. The quantitative estimate of drug-likeness (QED) is 0.170. The molecule has 0 bridgehead atoms. The predicted molar refractivity (Wildman–Crippen MR) is 165 cm³/mol. The van der Waals surface area contributed by atoms with E-state index in [2.05, 4.69) is 10.6 Å². The Kier molecular flexibility index (Phi) is 11.9. The van der Waals surface area contributed by atoms with E-state index < -0.39 is 22.9 Å². The summed E-state index contributed by atoms with van der Waals surface area (Å²) in [5.74, 6) is -0.927. The number of rotatable bonds is 16. The molecule has 4 N–H and O–H groups in total. The number of carbonyl (C=O) groups is 2. The van der Waals surface area contributed by atoms with Gasteiger partial charge in [-0.25, -0.2) is 0 Å². The van der Waals surface area contributed by atoms with Gasteiger partial charge in [-0.3, -0.25) is 24.1 Å². The van der Waals surface area contributed by atoms with Gasteiger partial charge in [-0.1, -0.05) is 72.8 Å². The Morgan fingerprint density at radius 1 is 0.614 bits per heavy atom. The van der Waals surface area contributed by atoms with Crippen molar-refractivity contribution in [3.63, 3.8) is 0 Å². The summed E-state index contributed by atoms with van der Waals surface area (Å²) in [4.78, 5) is 64.0. The highest BCUT2D eigenvalue weighted by molar-refractivity contribution is 5.92. The molecule has 2 heterocycles. The zero-order valence-electron chi connectivity index (χ0n) is 24.3. The van der Waals surface area contributed by atoms with E-state index in [0.29, 0.717) is 26.2 Å². The molecule has 44 heavy (non-hydrogen) atoms. The van der Waals surface area contributed by atoms with Gasteiger partial charge in [0, 0.05) is 51.4 Å². The Morgan fingerprint density at radius 3 is 1.45 bits per heavy atom. The summed E-state index contributed by atoms with van der Waals surface area (Å²) < 4.78 is 1.98. The average molecular weight is 601 g/mol. The summed E-state index contributed by atoms with van der Waals surface area (Å²) >= 11 is 0. The van der Waals surface area contributed by atoms with Crippen molar-refractivity contribution in [2.45, 2.75) is 13.2 Å². The third-order valence-corrected chi connectivity index (χ3v) is 6.57. The fraction of sp³-hybridized carbons (Fsp3) is 0.250. The lowest BCUT2D eigenvalue weighted by atomic mass is 10.2. The van der Waals surface area contributed by atoms with Gasteiger partial charge in [0.15, 0.2) is 0 Å². The lowest BCUT2D eigenvalue weighted by Crippen LogP contribution is -2.43. The topological polar surface area (TPSA) is 150 Å². The number of hydrogen-bond donors (Lipinski definition) is 3.